The van der Waals surface area contributed by atoms with Crippen LogP contribution in [0.5, 0.6) is 0 Å². The van der Waals surface area contributed by atoms with Gasteiger partial charge in [-0.25, -0.2) is 0 Å². The lowest BCUT2D eigenvalue weighted by molar-refractivity contribution is 0.372. The summed E-state index contributed by atoms with van der Waals surface area (Å²) in [4.78, 5) is 0. The third-order valence-electron chi connectivity index (χ3n) is 2.09. The zero-order chi connectivity index (χ0) is 11.6. The van der Waals surface area contributed by atoms with E-state index in [2.05, 4.69) is 20.8 Å². The minimum atomic E-state index is -0.0869. The van der Waals surface area contributed by atoms with Gasteiger partial charge in [0.15, 0.2) is 0 Å². The lowest BCUT2D eigenvalue weighted by Crippen LogP contribution is -2.08. The lowest BCUT2D eigenvalue weighted by atomic mass is 9.88. The van der Waals surface area contributed by atoms with Crippen molar-refractivity contribution < 1.29 is 0 Å². The molecule has 0 spiro atoms. The first kappa shape index (κ1) is 13.2. The SMILES string of the molecule is CC(C)(C)CC(Cl)c1cc(Cl)ccc1Cl. The average Bonchev–Trinajstić information content (AvgIpc) is 2.06. The molecule has 0 amide bonds. The van der Waals surface area contributed by atoms with Gasteiger partial charge >= 0.3 is 0 Å². The van der Waals surface area contributed by atoms with Crippen molar-refractivity contribution in [2.24, 2.45) is 5.41 Å². The van der Waals surface area contributed by atoms with E-state index in [0.29, 0.717) is 10.0 Å². The highest BCUT2D eigenvalue weighted by atomic mass is 35.5. The molecular weight excluding hydrogens is 250 g/mol. The summed E-state index contributed by atoms with van der Waals surface area (Å²) in [6.45, 7) is 6.46. The molecule has 1 aromatic carbocycles. The van der Waals surface area contributed by atoms with Crippen LogP contribution in [0.3, 0.4) is 0 Å². The minimum Gasteiger partial charge on any atom is -0.118 e. The van der Waals surface area contributed by atoms with Crippen molar-refractivity contribution in [3.63, 3.8) is 0 Å². The molecule has 0 aliphatic heterocycles. The summed E-state index contributed by atoms with van der Waals surface area (Å²) in [7, 11) is 0. The van der Waals surface area contributed by atoms with Gasteiger partial charge < -0.3 is 0 Å². The number of rotatable bonds is 2. The van der Waals surface area contributed by atoms with Crippen LogP contribution in [-0.4, -0.2) is 0 Å². The van der Waals surface area contributed by atoms with E-state index in [-0.39, 0.29) is 10.8 Å². The summed E-state index contributed by atoms with van der Waals surface area (Å²) in [5, 5.41) is 1.27. The van der Waals surface area contributed by atoms with E-state index in [1.54, 1.807) is 12.1 Å². The molecule has 0 nitrogen and oxygen atoms in total. The smallest absolute Gasteiger partial charge is 0.0605 e. The van der Waals surface area contributed by atoms with Gasteiger partial charge in [-0.3, -0.25) is 0 Å². The monoisotopic (exact) mass is 264 g/mol. The van der Waals surface area contributed by atoms with Crippen LogP contribution < -0.4 is 0 Å². The predicted molar refractivity (Wildman–Crippen MR) is 69.1 cm³/mol. The van der Waals surface area contributed by atoms with Crippen LogP contribution in [0.25, 0.3) is 0 Å². The Labute approximate surface area is 107 Å². The normalized spacial score (nSPS) is 14.0. The first-order valence-corrected chi connectivity index (χ1v) is 6.08. The lowest BCUT2D eigenvalue weighted by Gasteiger charge is -2.22. The van der Waals surface area contributed by atoms with Crippen molar-refractivity contribution in [2.45, 2.75) is 32.6 Å². The second-order valence-corrected chi connectivity index (χ2v) is 6.27. The number of alkyl halides is 1. The molecule has 1 rings (SSSR count). The summed E-state index contributed by atoms with van der Waals surface area (Å²) in [6.07, 6.45) is 0.870. The molecule has 1 aromatic rings. The summed E-state index contributed by atoms with van der Waals surface area (Å²) >= 11 is 18.3. The van der Waals surface area contributed by atoms with Gasteiger partial charge in [0.05, 0.1) is 5.38 Å². The van der Waals surface area contributed by atoms with Gasteiger partial charge in [0.2, 0.25) is 0 Å². The van der Waals surface area contributed by atoms with Crippen LogP contribution in [0.15, 0.2) is 18.2 Å². The molecule has 1 atom stereocenters. The summed E-state index contributed by atoms with van der Waals surface area (Å²) < 4.78 is 0. The molecule has 1 unspecified atom stereocenters. The zero-order valence-electron chi connectivity index (χ0n) is 9.15. The van der Waals surface area contributed by atoms with E-state index in [0.717, 1.165) is 12.0 Å². The second-order valence-electron chi connectivity index (χ2n) is 4.90. The highest BCUT2D eigenvalue weighted by Crippen LogP contribution is 2.38. The highest BCUT2D eigenvalue weighted by molar-refractivity contribution is 6.34. The van der Waals surface area contributed by atoms with E-state index in [4.69, 9.17) is 34.8 Å². The van der Waals surface area contributed by atoms with E-state index >= 15 is 0 Å². The van der Waals surface area contributed by atoms with Crippen LogP contribution in [0.1, 0.15) is 38.1 Å². The molecule has 0 saturated heterocycles. The molecule has 3 heteroatoms. The molecule has 0 radical (unpaired) electrons. The molecule has 0 N–H and O–H groups in total. The van der Waals surface area contributed by atoms with Crippen molar-refractivity contribution in [3.8, 4) is 0 Å². The van der Waals surface area contributed by atoms with Gasteiger partial charge in [-0.2, -0.15) is 0 Å². The molecule has 0 heterocycles. The van der Waals surface area contributed by atoms with Gasteiger partial charge in [-0.15, -0.1) is 11.6 Å². The first-order valence-electron chi connectivity index (χ1n) is 4.88. The Morgan fingerprint density at radius 2 is 1.80 bits per heavy atom. The third kappa shape index (κ3) is 4.22. The minimum absolute atomic E-state index is 0.0869. The quantitative estimate of drug-likeness (QED) is 0.601. The molecule has 0 aliphatic rings. The summed E-state index contributed by atoms with van der Waals surface area (Å²) in [6, 6.07) is 5.40. The van der Waals surface area contributed by atoms with Crippen molar-refractivity contribution in [1.82, 2.24) is 0 Å². The second kappa shape index (κ2) is 4.95. The largest absolute Gasteiger partial charge is 0.118 e. The van der Waals surface area contributed by atoms with Gasteiger partial charge in [0, 0.05) is 10.0 Å². The van der Waals surface area contributed by atoms with Crippen molar-refractivity contribution in [3.05, 3.63) is 33.8 Å². The van der Waals surface area contributed by atoms with Crippen LogP contribution in [0.2, 0.25) is 10.0 Å². The van der Waals surface area contributed by atoms with Crippen molar-refractivity contribution in [1.29, 1.82) is 0 Å². The van der Waals surface area contributed by atoms with E-state index in [9.17, 15) is 0 Å². The average molecular weight is 266 g/mol. The van der Waals surface area contributed by atoms with Crippen LogP contribution >= 0.6 is 34.8 Å². The Kier molecular flexibility index (Phi) is 4.34. The van der Waals surface area contributed by atoms with Crippen molar-refractivity contribution in [2.75, 3.05) is 0 Å². The molecular formula is C12H15Cl3. The number of halogens is 3. The van der Waals surface area contributed by atoms with Crippen LogP contribution in [0.4, 0.5) is 0 Å². The summed E-state index contributed by atoms with van der Waals surface area (Å²) in [5.41, 5.74) is 1.10. The number of benzene rings is 1. The van der Waals surface area contributed by atoms with Gasteiger partial charge in [-0.1, -0.05) is 44.0 Å². The Balaban J connectivity index is 2.90. The molecule has 0 aliphatic carbocycles. The number of hydrogen-bond donors (Lipinski definition) is 0. The zero-order valence-corrected chi connectivity index (χ0v) is 11.4. The number of hydrogen-bond acceptors (Lipinski definition) is 0. The molecule has 0 saturated carbocycles. The third-order valence-corrected chi connectivity index (χ3v) is 3.06. The fourth-order valence-electron chi connectivity index (χ4n) is 1.40. The first-order chi connectivity index (χ1) is 6.79. The molecule has 15 heavy (non-hydrogen) atoms. The maximum atomic E-state index is 6.33. The molecule has 0 fully saturated rings. The molecule has 84 valence electrons. The summed E-state index contributed by atoms with van der Waals surface area (Å²) in [5.74, 6) is 0. The van der Waals surface area contributed by atoms with E-state index < -0.39 is 0 Å². The predicted octanol–water partition coefficient (Wildman–Crippen LogP) is 5.71. The Hall–Kier alpha value is 0.0900. The van der Waals surface area contributed by atoms with E-state index in [1.165, 1.54) is 0 Å². The van der Waals surface area contributed by atoms with Crippen molar-refractivity contribution >= 4 is 34.8 Å². The maximum absolute atomic E-state index is 6.33. The standard InChI is InChI=1S/C12H15Cl3/c1-12(2,3)7-11(15)9-6-8(13)4-5-10(9)14/h4-6,11H,7H2,1-3H3. The van der Waals surface area contributed by atoms with Crippen LogP contribution in [0, 0.1) is 5.41 Å². The fourth-order valence-corrected chi connectivity index (χ4v) is 2.53. The van der Waals surface area contributed by atoms with Crippen LogP contribution in [-0.2, 0) is 0 Å². The Morgan fingerprint density at radius 3 is 2.33 bits per heavy atom. The van der Waals surface area contributed by atoms with Gasteiger partial charge in [0.25, 0.3) is 0 Å². The van der Waals surface area contributed by atoms with E-state index in [1.807, 2.05) is 6.07 Å². The highest BCUT2D eigenvalue weighted by Gasteiger charge is 2.20. The molecule has 0 aromatic heterocycles. The topological polar surface area (TPSA) is 0 Å². The Bertz CT molecular complexity index is 339. The Morgan fingerprint density at radius 1 is 1.20 bits per heavy atom. The van der Waals surface area contributed by atoms with Gasteiger partial charge in [-0.05, 0) is 35.6 Å². The fraction of sp³-hybridized carbons (Fsp3) is 0.500. The molecule has 0 bridgehead atoms. The van der Waals surface area contributed by atoms with Gasteiger partial charge in [0.1, 0.15) is 0 Å². The maximum Gasteiger partial charge on any atom is 0.0605 e.